The van der Waals surface area contributed by atoms with Gasteiger partial charge in [-0.05, 0) is 31.5 Å². The maximum atomic E-state index is 12.0. The van der Waals surface area contributed by atoms with Crippen LogP contribution in [0.3, 0.4) is 0 Å². The Hall–Kier alpha value is -1.44. The largest absolute Gasteiger partial charge is 0.475 e. The highest BCUT2D eigenvalue weighted by Crippen LogP contribution is 2.49. The molecular weight excluding hydrogens is 277 g/mol. The number of hydrogen-bond donors (Lipinski definition) is 0. The van der Waals surface area contributed by atoms with Crippen LogP contribution in [0.2, 0.25) is 0 Å². The molecule has 1 aromatic carbocycles. The summed E-state index contributed by atoms with van der Waals surface area (Å²) in [7, 11) is -3.45. The molecule has 0 spiro atoms. The lowest BCUT2D eigenvalue weighted by atomic mass is 10.1. The number of phosphoric ester groups is 1. The molecule has 20 heavy (non-hydrogen) atoms. The Morgan fingerprint density at radius 1 is 1.15 bits per heavy atom. The Morgan fingerprint density at radius 2 is 1.75 bits per heavy atom. The van der Waals surface area contributed by atoms with Crippen LogP contribution in [-0.2, 0) is 18.1 Å². The average Bonchev–Trinajstić information content (AvgIpc) is 2.45. The third-order valence-corrected chi connectivity index (χ3v) is 3.87. The molecule has 0 N–H and O–H groups in total. The first-order chi connectivity index (χ1) is 9.63. The first-order valence-corrected chi connectivity index (χ1v) is 7.80. The van der Waals surface area contributed by atoms with E-state index in [1.54, 1.807) is 32.1 Å². The number of benzene rings is 1. The minimum absolute atomic E-state index is 0.122. The maximum Gasteiger partial charge on any atom is 0.475 e. The van der Waals surface area contributed by atoms with E-state index in [4.69, 9.17) is 18.8 Å². The molecular formula is C14H18NO4P. The zero-order valence-electron chi connectivity index (χ0n) is 11.6. The van der Waals surface area contributed by atoms with Crippen molar-refractivity contribution in [2.24, 2.45) is 0 Å². The Kier molecular flexibility index (Phi) is 7.21. The highest BCUT2D eigenvalue weighted by Gasteiger charge is 2.24. The van der Waals surface area contributed by atoms with E-state index in [0.29, 0.717) is 5.56 Å². The molecule has 0 amide bonds. The van der Waals surface area contributed by atoms with Crippen molar-refractivity contribution < 1.29 is 18.1 Å². The second-order valence-electron chi connectivity index (χ2n) is 3.71. The van der Waals surface area contributed by atoms with E-state index in [9.17, 15) is 4.57 Å². The van der Waals surface area contributed by atoms with E-state index in [-0.39, 0.29) is 19.8 Å². The monoisotopic (exact) mass is 295 g/mol. The second-order valence-corrected chi connectivity index (χ2v) is 5.38. The van der Waals surface area contributed by atoms with Crippen molar-refractivity contribution >= 4 is 13.9 Å². The Balaban J connectivity index is 2.51. The number of nitrogens with zero attached hydrogens (tertiary/aromatic N) is 1. The molecule has 0 aliphatic heterocycles. The molecule has 108 valence electrons. The van der Waals surface area contributed by atoms with Gasteiger partial charge < -0.3 is 0 Å². The lowest BCUT2D eigenvalue weighted by Gasteiger charge is -2.14. The predicted molar refractivity (Wildman–Crippen MR) is 77.0 cm³/mol. The van der Waals surface area contributed by atoms with Crippen LogP contribution >= 0.6 is 7.82 Å². The van der Waals surface area contributed by atoms with E-state index in [0.717, 1.165) is 5.56 Å². The molecule has 0 saturated carbocycles. The van der Waals surface area contributed by atoms with Gasteiger partial charge in [-0.2, -0.15) is 5.26 Å². The fraction of sp³-hybridized carbons (Fsp3) is 0.357. The summed E-state index contributed by atoms with van der Waals surface area (Å²) in [5, 5.41) is 8.69. The van der Waals surface area contributed by atoms with Crippen molar-refractivity contribution in [3.8, 4) is 6.07 Å². The minimum Gasteiger partial charge on any atom is -0.287 e. The lowest BCUT2D eigenvalue weighted by molar-refractivity contribution is 0.131. The molecule has 0 aliphatic carbocycles. The van der Waals surface area contributed by atoms with Gasteiger partial charge in [-0.3, -0.25) is 13.6 Å². The number of hydrogen-bond acceptors (Lipinski definition) is 5. The van der Waals surface area contributed by atoms with Crippen molar-refractivity contribution in [2.45, 2.75) is 13.8 Å². The van der Waals surface area contributed by atoms with E-state index < -0.39 is 7.82 Å². The smallest absolute Gasteiger partial charge is 0.287 e. The van der Waals surface area contributed by atoms with Crippen LogP contribution < -0.4 is 0 Å². The standard InChI is InChI=1S/C14H18NO4P/c1-3-17-20(16,18-4-2)19-11-5-6-13-7-9-14(12-15)10-8-13/h5-10H,3-4,11H2,1-2H3. The van der Waals surface area contributed by atoms with Crippen molar-refractivity contribution in [1.29, 1.82) is 5.26 Å². The number of rotatable bonds is 8. The van der Waals surface area contributed by atoms with Crippen LogP contribution in [0.1, 0.15) is 25.0 Å². The van der Waals surface area contributed by atoms with Crippen molar-refractivity contribution in [2.75, 3.05) is 19.8 Å². The highest BCUT2D eigenvalue weighted by atomic mass is 31.2. The van der Waals surface area contributed by atoms with Gasteiger partial charge in [0.2, 0.25) is 0 Å². The molecule has 0 radical (unpaired) electrons. The molecule has 1 aromatic rings. The van der Waals surface area contributed by atoms with Crippen LogP contribution in [0.5, 0.6) is 0 Å². The Morgan fingerprint density at radius 3 is 2.25 bits per heavy atom. The van der Waals surface area contributed by atoms with Crippen molar-refractivity contribution in [3.63, 3.8) is 0 Å². The summed E-state index contributed by atoms with van der Waals surface area (Å²) in [6.45, 7) is 4.09. The number of nitriles is 1. The predicted octanol–water partition coefficient (Wildman–Crippen LogP) is 3.77. The van der Waals surface area contributed by atoms with Crippen LogP contribution in [0.25, 0.3) is 6.08 Å². The molecule has 0 atom stereocenters. The zero-order chi connectivity index (χ0) is 14.8. The highest BCUT2D eigenvalue weighted by molar-refractivity contribution is 7.48. The molecule has 0 bridgehead atoms. The first-order valence-electron chi connectivity index (χ1n) is 6.34. The van der Waals surface area contributed by atoms with Gasteiger partial charge in [-0.25, -0.2) is 4.57 Å². The summed E-state index contributed by atoms with van der Waals surface area (Å²) >= 11 is 0. The van der Waals surface area contributed by atoms with Crippen LogP contribution in [0.4, 0.5) is 0 Å². The third kappa shape index (κ3) is 5.68. The van der Waals surface area contributed by atoms with E-state index in [1.807, 2.05) is 18.2 Å². The normalized spacial score (nSPS) is 11.7. The second kappa shape index (κ2) is 8.68. The van der Waals surface area contributed by atoms with E-state index >= 15 is 0 Å². The minimum atomic E-state index is -3.45. The van der Waals surface area contributed by atoms with Gasteiger partial charge in [-0.15, -0.1) is 0 Å². The molecule has 0 unspecified atom stereocenters. The van der Waals surface area contributed by atoms with E-state index in [1.165, 1.54) is 0 Å². The van der Waals surface area contributed by atoms with Gasteiger partial charge >= 0.3 is 7.82 Å². The first kappa shape index (κ1) is 16.6. The third-order valence-electron chi connectivity index (χ3n) is 2.25. The average molecular weight is 295 g/mol. The molecule has 5 nitrogen and oxygen atoms in total. The van der Waals surface area contributed by atoms with Crippen LogP contribution in [0, 0.1) is 11.3 Å². The van der Waals surface area contributed by atoms with Gasteiger partial charge in [-0.1, -0.05) is 24.3 Å². The fourth-order valence-corrected chi connectivity index (χ4v) is 2.54. The topological polar surface area (TPSA) is 68.6 Å². The van der Waals surface area contributed by atoms with Crippen molar-refractivity contribution in [1.82, 2.24) is 0 Å². The van der Waals surface area contributed by atoms with Crippen molar-refractivity contribution in [3.05, 3.63) is 41.5 Å². The quantitative estimate of drug-likeness (QED) is 0.683. The summed E-state index contributed by atoms with van der Waals surface area (Å²) < 4.78 is 27.1. The zero-order valence-corrected chi connectivity index (χ0v) is 12.5. The molecule has 0 fully saturated rings. The van der Waals surface area contributed by atoms with Gasteiger partial charge in [0, 0.05) is 0 Å². The molecule has 0 aliphatic rings. The van der Waals surface area contributed by atoms with Gasteiger partial charge in [0.15, 0.2) is 0 Å². The molecule has 1 rings (SSSR count). The summed E-state index contributed by atoms with van der Waals surface area (Å²) in [5.74, 6) is 0. The molecule has 6 heteroatoms. The maximum absolute atomic E-state index is 12.0. The molecule has 0 heterocycles. The van der Waals surface area contributed by atoms with E-state index in [2.05, 4.69) is 6.07 Å². The molecule has 0 aromatic heterocycles. The van der Waals surface area contributed by atoms with Crippen LogP contribution in [-0.4, -0.2) is 19.8 Å². The summed E-state index contributed by atoms with van der Waals surface area (Å²) in [6, 6.07) is 9.15. The fourth-order valence-electron chi connectivity index (χ4n) is 1.42. The lowest BCUT2D eigenvalue weighted by Crippen LogP contribution is -2.00. The molecule has 0 saturated heterocycles. The SMILES string of the molecule is CCOP(=O)(OCC)OCC=Cc1ccc(C#N)cc1. The van der Waals surface area contributed by atoms with Gasteiger partial charge in [0.05, 0.1) is 31.5 Å². The van der Waals surface area contributed by atoms with Gasteiger partial charge in [0.25, 0.3) is 0 Å². The summed E-state index contributed by atoms with van der Waals surface area (Å²) in [6.07, 6.45) is 3.52. The summed E-state index contributed by atoms with van der Waals surface area (Å²) in [5.41, 5.74) is 1.53. The Bertz CT molecular complexity index is 509. The Labute approximate surface area is 119 Å². The van der Waals surface area contributed by atoms with Gasteiger partial charge in [0.1, 0.15) is 0 Å². The van der Waals surface area contributed by atoms with Crippen LogP contribution in [0.15, 0.2) is 30.3 Å². The summed E-state index contributed by atoms with van der Waals surface area (Å²) in [4.78, 5) is 0. The number of phosphoric acid groups is 1.